The number of ether oxygens (including phenoxy) is 2. The Morgan fingerprint density at radius 1 is 1.03 bits per heavy atom. The third-order valence-electron chi connectivity index (χ3n) is 6.03. The van der Waals surface area contributed by atoms with Gasteiger partial charge < -0.3 is 28.9 Å². The summed E-state index contributed by atoms with van der Waals surface area (Å²) in [5, 5.41) is 12.3. The molecule has 0 spiro atoms. The van der Waals surface area contributed by atoms with Gasteiger partial charge in [0, 0.05) is 22.7 Å². The molecular formula is C26H22N2O6. The van der Waals surface area contributed by atoms with E-state index in [-0.39, 0.29) is 23.4 Å². The molecule has 1 saturated heterocycles. The van der Waals surface area contributed by atoms with Crippen molar-refractivity contribution in [2.45, 2.75) is 12.6 Å². The minimum absolute atomic E-state index is 0.0518. The third-order valence-corrected chi connectivity index (χ3v) is 6.03. The SMILES string of the molecule is COc1cccc(OC)c1/C(O)=C1\C(=O)C(=O)N(Cc2ccco2)C1c1c[nH]c2ccccc12. The van der Waals surface area contributed by atoms with Crippen LogP contribution in [0.3, 0.4) is 0 Å². The van der Waals surface area contributed by atoms with Crippen LogP contribution in [0.25, 0.3) is 16.7 Å². The number of nitrogens with one attached hydrogen (secondary N) is 1. The molecule has 0 saturated carbocycles. The zero-order chi connectivity index (χ0) is 23.8. The molecule has 4 aromatic rings. The molecular weight excluding hydrogens is 436 g/mol. The van der Waals surface area contributed by atoms with Crippen molar-refractivity contribution < 1.29 is 28.6 Å². The summed E-state index contributed by atoms with van der Waals surface area (Å²) >= 11 is 0. The number of likely N-dealkylation sites (tertiary alicyclic amines) is 1. The first-order valence-corrected chi connectivity index (χ1v) is 10.6. The van der Waals surface area contributed by atoms with E-state index in [1.165, 1.54) is 25.4 Å². The monoisotopic (exact) mass is 458 g/mol. The number of amides is 1. The van der Waals surface area contributed by atoms with Crippen LogP contribution in [0.4, 0.5) is 0 Å². The average Bonchev–Trinajstić information content (AvgIpc) is 3.59. The second kappa shape index (κ2) is 8.47. The number of nitrogens with zero attached hydrogens (tertiary/aromatic N) is 1. The van der Waals surface area contributed by atoms with Gasteiger partial charge in [-0.25, -0.2) is 0 Å². The number of hydrogen-bond donors (Lipinski definition) is 2. The fraction of sp³-hybridized carbons (Fsp3) is 0.154. The summed E-state index contributed by atoms with van der Waals surface area (Å²) in [6.07, 6.45) is 3.26. The van der Waals surface area contributed by atoms with Gasteiger partial charge in [-0.05, 0) is 30.3 Å². The molecule has 172 valence electrons. The van der Waals surface area contributed by atoms with Crippen molar-refractivity contribution in [3.8, 4) is 11.5 Å². The Kier molecular flexibility index (Phi) is 5.33. The molecule has 2 N–H and O–H groups in total. The van der Waals surface area contributed by atoms with Gasteiger partial charge in [0.2, 0.25) is 0 Å². The highest BCUT2D eigenvalue weighted by Crippen LogP contribution is 2.45. The highest BCUT2D eigenvalue weighted by Gasteiger charge is 2.47. The number of benzene rings is 2. The fourth-order valence-corrected chi connectivity index (χ4v) is 4.48. The number of ketones is 1. The number of furan rings is 1. The minimum atomic E-state index is -0.865. The summed E-state index contributed by atoms with van der Waals surface area (Å²) in [4.78, 5) is 31.2. The molecule has 5 rings (SSSR count). The van der Waals surface area contributed by atoms with Gasteiger partial charge in [0.15, 0.2) is 0 Å². The second-order valence-electron chi connectivity index (χ2n) is 7.83. The number of Topliss-reactive ketones (excluding diaryl/α,β-unsaturated/α-hetero) is 1. The van der Waals surface area contributed by atoms with E-state index >= 15 is 0 Å². The summed E-state index contributed by atoms with van der Waals surface area (Å²) in [5.41, 5.74) is 1.67. The van der Waals surface area contributed by atoms with Crippen LogP contribution < -0.4 is 9.47 Å². The molecule has 1 aliphatic rings. The number of H-pyrrole nitrogens is 1. The fourth-order valence-electron chi connectivity index (χ4n) is 4.48. The maximum atomic E-state index is 13.4. The molecule has 3 heterocycles. The summed E-state index contributed by atoms with van der Waals surface area (Å²) in [6.45, 7) is 0.0571. The largest absolute Gasteiger partial charge is 0.506 e. The number of aliphatic hydroxyl groups excluding tert-OH is 1. The van der Waals surface area contributed by atoms with E-state index in [9.17, 15) is 14.7 Å². The Labute approximate surface area is 195 Å². The van der Waals surface area contributed by atoms with Crippen LogP contribution in [0.2, 0.25) is 0 Å². The van der Waals surface area contributed by atoms with Crippen LogP contribution >= 0.6 is 0 Å². The van der Waals surface area contributed by atoms with Crippen molar-refractivity contribution in [2.24, 2.45) is 0 Å². The Morgan fingerprint density at radius 3 is 2.44 bits per heavy atom. The number of aromatic amines is 1. The molecule has 0 aliphatic carbocycles. The number of aromatic nitrogens is 1. The van der Waals surface area contributed by atoms with Crippen LogP contribution in [0.5, 0.6) is 11.5 Å². The van der Waals surface area contributed by atoms with E-state index in [0.29, 0.717) is 22.8 Å². The molecule has 2 aromatic carbocycles. The van der Waals surface area contributed by atoms with Crippen molar-refractivity contribution in [3.05, 3.63) is 89.5 Å². The van der Waals surface area contributed by atoms with Crippen LogP contribution in [0.15, 0.2) is 77.0 Å². The van der Waals surface area contributed by atoms with Gasteiger partial charge in [0.05, 0.1) is 38.6 Å². The molecule has 1 unspecified atom stereocenters. The van der Waals surface area contributed by atoms with E-state index in [1.807, 2.05) is 24.3 Å². The van der Waals surface area contributed by atoms with Crippen molar-refractivity contribution in [1.29, 1.82) is 0 Å². The molecule has 1 atom stereocenters. The van der Waals surface area contributed by atoms with E-state index in [4.69, 9.17) is 13.9 Å². The lowest BCUT2D eigenvalue weighted by Crippen LogP contribution is -2.29. The number of carbonyl (C=O) groups is 2. The molecule has 1 amide bonds. The first-order chi connectivity index (χ1) is 16.5. The van der Waals surface area contributed by atoms with Gasteiger partial charge in [-0.15, -0.1) is 0 Å². The topological polar surface area (TPSA) is 105 Å². The molecule has 1 aliphatic heterocycles. The van der Waals surface area contributed by atoms with Crippen molar-refractivity contribution >= 4 is 28.4 Å². The van der Waals surface area contributed by atoms with Gasteiger partial charge in [-0.1, -0.05) is 24.3 Å². The van der Waals surface area contributed by atoms with Crippen LogP contribution in [-0.2, 0) is 16.1 Å². The summed E-state index contributed by atoms with van der Waals surface area (Å²) in [6, 6.07) is 15.2. The minimum Gasteiger partial charge on any atom is -0.506 e. The number of aliphatic hydroxyl groups is 1. The van der Waals surface area contributed by atoms with Crippen molar-refractivity contribution in [2.75, 3.05) is 14.2 Å². The summed E-state index contributed by atoms with van der Waals surface area (Å²) in [5.74, 6) is -0.764. The molecule has 0 radical (unpaired) electrons. The maximum absolute atomic E-state index is 13.4. The van der Waals surface area contributed by atoms with E-state index < -0.39 is 17.7 Å². The zero-order valence-corrected chi connectivity index (χ0v) is 18.6. The average molecular weight is 458 g/mol. The van der Waals surface area contributed by atoms with Gasteiger partial charge in [0.25, 0.3) is 11.7 Å². The molecule has 2 aromatic heterocycles. The molecule has 34 heavy (non-hydrogen) atoms. The summed E-state index contributed by atoms with van der Waals surface area (Å²) < 4.78 is 16.3. The molecule has 1 fully saturated rings. The lowest BCUT2D eigenvalue weighted by molar-refractivity contribution is -0.140. The Balaban J connectivity index is 1.77. The van der Waals surface area contributed by atoms with Gasteiger partial charge in [-0.2, -0.15) is 0 Å². The lowest BCUT2D eigenvalue weighted by atomic mass is 9.94. The first-order valence-electron chi connectivity index (χ1n) is 10.6. The van der Waals surface area contributed by atoms with Gasteiger partial charge in [0.1, 0.15) is 28.6 Å². The predicted octanol–water partition coefficient (Wildman–Crippen LogP) is 4.40. The van der Waals surface area contributed by atoms with Crippen LogP contribution in [0.1, 0.15) is 22.9 Å². The number of methoxy groups -OCH3 is 2. The van der Waals surface area contributed by atoms with Crippen molar-refractivity contribution in [3.63, 3.8) is 0 Å². The van der Waals surface area contributed by atoms with E-state index in [0.717, 1.165) is 10.9 Å². The quantitative estimate of drug-likeness (QED) is 0.252. The molecule has 8 nitrogen and oxygen atoms in total. The third kappa shape index (κ3) is 3.31. The van der Waals surface area contributed by atoms with Crippen LogP contribution in [0, 0.1) is 0 Å². The highest BCUT2D eigenvalue weighted by molar-refractivity contribution is 6.46. The van der Waals surface area contributed by atoms with E-state index in [1.54, 1.807) is 36.5 Å². The molecule has 0 bridgehead atoms. The maximum Gasteiger partial charge on any atom is 0.296 e. The predicted molar refractivity (Wildman–Crippen MR) is 124 cm³/mol. The standard InChI is InChI=1S/C26H22N2O6/c1-32-19-10-5-11-20(33-2)21(19)24(29)22-23(17-13-27-18-9-4-3-8-16(17)18)28(26(31)25(22)30)14-15-7-6-12-34-15/h3-13,23,27,29H,14H2,1-2H3/b24-22+. The molecule has 8 heteroatoms. The second-order valence-corrected chi connectivity index (χ2v) is 7.83. The smallest absolute Gasteiger partial charge is 0.296 e. The number of rotatable bonds is 6. The lowest BCUT2D eigenvalue weighted by Gasteiger charge is -2.24. The van der Waals surface area contributed by atoms with Gasteiger partial charge >= 0.3 is 0 Å². The first kappa shape index (κ1) is 21.4. The summed E-state index contributed by atoms with van der Waals surface area (Å²) in [7, 11) is 2.91. The number of fused-ring (bicyclic) bond motifs is 1. The number of carbonyl (C=O) groups excluding carboxylic acids is 2. The van der Waals surface area contributed by atoms with Crippen LogP contribution in [-0.4, -0.2) is 40.9 Å². The highest BCUT2D eigenvalue weighted by atomic mass is 16.5. The van der Waals surface area contributed by atoms with E-state index in [2.05, 4.69) is 4.98 Å². The Morgan fingerprint density at radius 2 is 1.76 bits per heavy atom. The number of hydrogen-bond acceptors (Lipinski definition) is 6. The zero-order valence-electron chi connectivity index (χ0n) is 18.6. The van der Waals surface area contributed by atoms with Gasteiger partial charge in [-0.3, -0.25) is 9.59 Å². The Hall–Kier alpha value is -4.46. The van der Waals surface area contributed by atoms with Crippen molar-refractivity contribution in [1.82, 2.24) is 9.88 Å². The Bertz CT molecular complexity index is 1390. The number of para-hydroxylation sites is 1. The normalized spacial score (nSPS) is 17.5.